The molecule has 170 valence electrons. The number of nitrogens with zero attached hydrogens (tertiary/aromatic N) is 1. The first kappa shape index (κ1) is 22.6. The Morgan fingerprint density at radius 1 is 1.06 bits per heavy atom. The molecule has 0 spiro atoms. The summed E-state index contributed by atoms with van der Waals surface area (Å²) in [6.45, 7) is 7.35. The minimum Gasteiger partial charge on any atom is -0.496 e. The van der Waals surface area contributed by atoms with Crippen LogP contribution in [0.15, 0.2) is 60.7 Å². The Morgan fingerprint density at radius 2 is 1.78 bits per heavy atom. The summed E-state index contributed by atoms with van der Waals surface area (Å²) in [6, 6.07) is 17.0. The first-order valence-electron chi connectivity index (χ1n) is 11.8. The summed E-state index contributed by atoms with van der Waals surface area (Å²) in [5.74, 6) is 1.23. The van der Waals surface area contributed by atoms with E-state index < -0.39 is 0 Å². The van der Waals surface area contributed by atoms with E-state index in [-0.39, 0.29) is 29.4 Å². The van der Waals surface area contributed by atoms with Gasteiger partial charge in [0.05, 0.1) is 19.3 Å². The lowest BCUT2D eigenvalue weighted by Gasteiger charge is -2.33. The Labute approximate surface area is 192 Å². The van der Waals surface area contributed by atoms with Crippen molar-refractivity contribution in [3.05, 3.63) is 77.4 Å². The molecular formula is C28H36N2O2. The van der Waals surface area contributed by atoms with Gasteiger partial charge < -0.3 is 9.64 Å². The monoisotopic (exact) mass is 432 g/mol. The largest absolute Gasteiger partial charge is 0.496 e. The molecule has 0 bridgehead atoms. The van der Waals surface area contributed by atoms with Crippen LogP contribution in [0.2, 0.25) is 0 Å². The van der Waals surface area contributed by atoms with Gasteiger partial charge in [0.2, 0.25) is 5.91 Å². The number of methoxy groups -OCH3 is 1. The van der Waals surface area contributed by atoms with Gasteiger partial charge in [0.15, 0.2) is 0 Å². The Hall–Kier alpha value is -2.59. The number of likely N-dealkylation sites (tertiary alicyclic amines) is 1. The first-order chi connectivity index (χ1) is 15.4. The summed E-state index contributed by atoms with van der Waals surface area (Å²) in [5.41, 5.74) is 3.72. The van der Waals surface area contributed by atoms with Crippen molar-refractivity contribution in [3.8, 4) is 5.75 Å². The van der Waals surface area contributed by atoms with Crippen LogP contribution in [0.3, 0.4) is 0 Å². The molecule has 1 heterocycles. The SMILES string of the molecule is COc1ccc(C(C)(C)C)cc1CNC1CCC(c2ccccc2)N1C(=O)C1CC=CC1. The quantitative estimate of drug-likeness (QED) is 0.592. The third kappa shape index (κ3) is 4.75. The highest BCUT2D eigenvalue weighted by Gasteiger charge is 2.40. The molecule has 0 radical (unpaired) electrons. The van der Waals surface area contributed by atoms with Crippen LogP contribution in [0.25, 0.3) is 0 Å². The summed E-state index contributed by atoms with van der Waals surface area (Å²) in [4.78, 5) is 15.7. The second-order valence-corrected chi connectivity index (χ2v) is 10.1. The molecule has 1 aliphatic heterocycles. The van der Waals surface area contributed by atoms with Gasteiger partial charge in [-0.1, -0.05) is 75.4 Å². The third-order valence-electron chi connectivity index (χ3n) is 6.86. The van der Waals surface area contributed by atoms with Crippen LogP contribution >= 0.6 is 0 Å². The normalized spacial score (nSPS) is 21.3. The van der Waals surface area contributed by atoms with Gasteiger partial charge >= 0.3 is 0 Å². The zero-order valence-corrected chi connectivity index (χ0v) is 19.8. The predicted octanol–water partition coefficient (Wildman–Crippen LogP) is 5.74. The van der Waals surface area contributed by atoms with Crippen LogP contribution in [0.1, 0.15) is 69.2 Å². The van der Waals surface area contributed by atoms with Gasteiger partial charge in [-0.15, -0.1) is 0 Å². The lowest BCUT2D eigenvalue weighted by atomic mass is 9.86. The standard InChI is InChI=1S/C28H36N2O2/c1-28(2,3)23-14-16-25(32-4)22(18-23)19-29-26-17-15-24(20-10-6-5-7-11-20)30(26)27(31)21-12-8-9-13-21/h5-11,14,16,18,21,24,26,29H,12-13,15,17,19H2,1-4H3. The smallest absolute Gasteiger partial charge is 0.228 e. The highest BCUT2D eigenvalue weighted by atomic mass is 16.5. The molecule has 1 fully saturated rings. The van der Waals surface area contributed by atoms with Crippen molar-refractivity contribution in [1.82, 2.24) is 10.2 Å². The molecular weight excluding hydrogens is 396 g/mol. The van der Waals surface area contributed by atoms with Crippen molar-refractivity contribution in [1.29, 1.82) is 0 Å². The number of ether oxygens (including phenoxy) is 1. The minimum absolute atomic E-state index is 0.0244. The van der Waals surface area contributed by atoms with E-state index in [1.54, 1.807) is 7.11 Å². The zero-order chi connectivity index (χ0) is 22.7. The lowest BCUT2D eigenvalue weighted by Crippen LogP contribution is -2.47. The van der Waals surface area contributed by atoms with Crippen molar-refractivity contribution in [3.63, 3.8) is 0 Å². The number of rotatable bonds is 6. The Morgan fingerprint density at radius 3 is 2.44 bits per heavy atom. The van der Waals surface area contributed by atoms with Crippen molar-refractivity contribution in [2.24, 2.45) is 5.92 Å². The summed E-state index contributed by atoms with van der Waals surface area (Å²) in [7, 11) is 1.72. The van der Waals surface area contributed by atoms with E-state index in [0.717, 1.165) is 37.0 Å². The van der Waals surface area contributed by atoms with Gasteiger partial charge in [-0.05, 0) is 48.3 Å². The molecule has 2 aliphatic rings. The van der Waals surface area contributed by atoms with Gasteiger partial charge in [-0.2, -0.15) is 0 Å². The Bertz CT molecular complexity index is 953. The van der Waals surface area contributed by atoms with Crippen LogP contribution in [0, 0.1) is 5.92 Å². The second kappa shape index (κ2) is 9.50. The van der Waals surface area contributed by atoms with E-state index in [1.807, 2.05) is 6.07 Å². The third-order valence-corrected chi connectivity index (χ3v) is 6.86. The molecule has 4 heteroatoms. The molecule has 2 aromatic rings. The van der Waals surface area contributed by atoms with Crippen molar-refractivity contribution >= 4 is 5.91 Å². The Balaban J connectivity index is 1.56. The van der Waals surface area contributed by atoms with E-state index in [2.05, 4.69) is 85.6 Å². The highest BCUT2D eigenvalue weighted by Crippen LogP contribution is 2.38. The molecule has 2 unspecified atom stereocenters. The predicted molar refractivity (Wildman–Crippen MR) is 129 cm³/mol. The number of hydrogen-bond acceptors (Lipinski definition) is 3. The number of amides is 1. The average molecular weight is 433 g/mol. The van der Waals surface area contributed by atoms with Crippen LogP contribution in [-0.2, 0) is 16.8 Å². The molecule has 1 aliphatic carbocycles. The summed E-state index contributed by atoms with van der Waals surface area (Å²) in [5, 5.41) is 3.71. The van der Waals surface area contributed by atoms with Crippen LogP contribution < -0.4 is 10.1 Å². The van der Waals surface area contributed by atoms with E-state index >= 15 is 0 Å². The number of allylic oxidation sites excluding steroid dienone is 2. The topological polar surface area (TPSA) is 41.6 Å². The number of hydrogen-bond donors (Lipinski definition) is 1. The maximum atomic E-state index is 13.6. The van der Waals surface area contributed by atoms with Gasteiger partial charge in [0.25, 0.3) is 0 Å². The van der Waals surface area contributed by atoms with Gasteiger partial charge in [-0.3, -0.25) is 10.1 Å². The summed E-state index contributed by atoms with van der Waals surface area (Å²) < 4.78 is 5.65. The highest BCUT2D eigenvalue weighted by molar-refractivity contribution is 5.80. The molecule has 2 atom stereocenters. The number of benzene rings is 2. The molecule has 0 saturated carbocycles. The first-order valence-corrected chi connectivity index (χ1v) is 11.8. The molecule has 1 N–H and O–H groups in total. The fraction of sp³-hybridized carbons (Fsp3) is 0.464. The zero-order valence-electron chi connectivity index (χ0n) is 19.8. The van der Waals surface area contributed by atoms with Crippen LogP contribution in [0.5, 0.6) is 5.75 Å². The number of carbonyl (C=O) groups excluding carboxylic acids is 1. The molecule has 32 heavy (non-hydrogen) atoms. The fourth-order valence-corrected chi connectivity index (χ4v) is 4.96. The van der Waals surface area contributed by atoms with E-state index in [1.165, 1.54) is 11.1 Å². The van der Waals surface area contributed by atoms with E-state index in [4.69, 9.17) is 4.74 Å². The molecule has 4 rings (SSSR count). The van der Waals surface area contributed by atoms with Crippen molar-refractivity contribution < 1.29 is 9.53 Å². The average Bonchev–Trinajstić information content (AvgIpc) is 3.47. The fourth-order valence-electron chi connectivity index (χ4n) is 4.96. The minimum atomic E-state index is 0.0244. The number of nitrogens with one attached hydrogen (secondary N) is 1. The van der Waals surface area contributed by atoms with Gasteiger partial charge in [0.1, 0.15) is 5.75 Å². The molecule has 0 aromatic heterocycles. The van der Waals surface area contributed by atoms with Crippen molar-refractivity contribution in [2.75, 3.05) is 7.11 Å². The maximum absolute atomic E-state index is 13.6. The van der Waals surface area contributed by atoms with E-state index in [0.29, 0.717) is 6.54 Å². The summed E-state index contributed by atoms with van der Waals surface area (Å²) in [6.07, 6.45) is 7.94. The maximum Gasteiger partial charge on any atom is 0.228 e. The van der Waals surface area contributed by atoms with Crippen LogP contribution in [0.4, 0.5) is 0 Å². The molecule has 1 amide bonds. The van der Waals surface area contributed by atoms with Gasteiger partial charge in [-0.25, -0.2) is 0 Å². The molecule has 1 saturated heterocycles. The van der Waals surface area contributed by atoms with Crippen LogP contribution in [-0.4, -0.2) is 24.1 Å². The lowest BCUT2D eigenvalue weighted by molar-refractivity contribution is -0.139. The van der Waals surface area contributed by atoms with E-state index in [9.17, 15) is 4.79 Å². The summed E-state index contributed by atoms with van der Waals surface area (Å²) >= 11 is 0. The van der Waals surface area contributed by atoms with Crippen molar-refractivity contribution in [2.45, 2.75) is 70.6 Å². The Kier molecular flexibility index (Phi) is 6.71. The second-order valence-electron chi connectivity index (χ2n) is 10.1. The molecule has 2 aromatic carbocycles. The van der Waals surface area contributed by atoms with Gasteiger partial charge in [0, 0.05) is 18.0 Å². The molecule has 4 nitrogen and oxygen atoms in total. The number of carbonyl (C=O) groups is 1.